The van der Waals surface area contributed by atoms with E-state index in [1.165, 1.54) is 18.4 Å². The van der Waals surface area contributed by atoms with E-state index in [1.54, 1.807) is 13.2 Å². The van der Waals surface area contributed by atoms with Gasteiger partial charge in [-0.2, -0.15) is 0 Å². The minimum absolute atomic E-state index is 0.277. The molecule has 0 aliphatic carbocycles. The number of halogens is 1. The number of nitrogens with zero attached hydrogens (tertiary/aromatic N) is 1. The fourth-order valence-electron chi connectivity index (χ4n) is 2.81. The Kier molecular flexibility index (Phi) is 6.17. The highest BCUT2D eigenvalue weighted by Gasteiger charge is 2.20. The molecular formula is C15H22BrN3O2. The molecule has 5 nitrogen and oxygen atoms in total. The maximum atomic E-state index is 11.5. The molecule has 1 heterocycles. The van der Waals surface area contributed by atoms with E-state index in [9.17, 15) is 4.79 Å². The lowest BCUT2D eigenvalue weighted by Gasteiger charge is -2.32. The highest BCUT2D eigenvalue weighted by atomic mass is 79.9. The van der Waals surface area contributed by atoms with Crippen LogP contribution in [0.25, 0.3) is 0 Å². The van der Waals surface area contributed by atoms with E-state index in [-0.39, 0.29) is 5.91 Å². The molecule has 1 fully saturated rings. The number of likely N-dealkylation sites (tertiary alicyclic amines) is 1. The Labute approximate surface area is 133 Å². The predicted octanol–water partition coefficient (Wildman–Crippen LogP) is 1.91. The van der Waals surface area contributed by atoms with Gasteiger partial charge in [0.1, 0.15) is 0 Å². The average Bonchev–Trinajstić information content (AvgIpc) is 2.49. The summed E-state index contributed by atoms with van der Waals surface area (Å²) in [6.45, 7) is 3.88. The first kappa shape index (κ1) is 16.4. The lowest BCUT2D eigenvalue weighted by atomic mass is 9.98. The number of hydrogen-bond acceptors (Lipinski definition) is 4. The first-order valence-electron chi connectivity index (χ1n) is 7.14. The lowest BCUT2D eigenvalue weighted by molar-refractivity contribution is 0.0872. The molecule has 3 N–H and O–H groups in total. The van der Waals surface area contributed by atoms with Crippen molar-refractivity contribution in [2.24, 2.45) is 11.8 Å². The molecule has 1 unspecified atom stereocenters. The second kappa shape index (κ2) is 7.89. The lowest BCUT2D eigenvalue weighted by Crippen LogP contribution is -2.36. The van der Waals surface area contributed by atoms with Crippen LogP contribution in [0.1, 0.15) is 28.8 Å². The van der Waals surface area contributed by atoms with Crippen LogP contribution >= 0.6 is 15.9 Å². The summed E-state index contributed by atoms with van der Waals surface area (Å²) < 4.78 is 6.21. The van der Waals surface area contributed by atoms with E-state index in [2.05, 4.69) is 26.3 Å². The van der Waals surface area contributed by atoms with E-state index < -0.39 is 0 Å². The van der Waals surface area contributed by atoms with Gasteiger partial charge in [-0.1, -0.05) is 22.0 Å². The van der Waals surface area contributed by atoms with E-state index in [4.69, 9.17) is 10.6 Å². The predicted molar refractivity (Wildman–Crippen MR) is 85.7 cm³/mol. The number of nitrogens with two attached hydrogens (primary N) is 1. The number of amides is 1. The topological polar surface area (TPSA) is 67.6 Å². The maximum Gasteiger partial charge on any atom is 0.265 e. The van der Waals surface area contributed by atoms with Gasteiger partial charge < -0.3 is 4.74 Å². The monoisotopic (exact) mass is 355 g/mol. The van der Waals surface area contributed by atoms with Gasteiger partial charge in [0, 0.05) is 30.2 Å². The third-order valence-electron chi connectivity index (χ3n) is 3.85. The third kappa shape index (κ3) is 4.51. The van der Waals surface area contributed by atoms with Gasteiger partial charge in [-0.25, -0.2) is 5.84 Å². The van der Waals surface area contributed by atoms with Gasteiger partial charge in [-0.3, -0.25) is 15.1 Å². The number of carbonyl (C=O) groups excluding carboxylic acids is 1. The van der Waals surface area contributed by atoms with Crippen molar-refractivity contribution in [2.45, 2.75) is 19.4 Å². The number of nitrogens with one attached hydrogen (secondary N) is 1. The number of carbonyl (C=O) groups is 1. The van der Waals surface area contributed by atoms with Crippen molar-refractivity contribution in [1.82, 2.24) is 10.3 Å². The van der Waals surface area contributed by atoms with Crippen LogP contribution in [0.5, 0.6) is 0 Å². The van der Waals surface area contributed by atoms with Crippen LogP contribution in [0.3, 0.4) is 0 Å². The number of nitrogen functional groups attached to an aromatic ring is 1. The molecule has 2 rings (SSSR count). The zero-order valence-corrected chi connectivity index (χ0v) is 13.9. The maximum absolute atomic E-state index is 11.5. The van der Waals surface area contributed by atoms with Crippen LogP contribution in [0.2, 0.25) is 0 Å². The summed E-state index contributed by atoms with van der Waals surface area (Å²) in [5, 5.41) is 0. The SMILES string of the molecule is COCC1CCCN(Cc2ccc(C(=O)NN)cc2Br)C1. The Morgan fingerprint density at radius 2 is 2.38 bits per heavy atom. The van der Waals surface area contributed by atoms with Crippen molar-refractivity contribution in [2.75, 3.05) is 26.8 Å². The third-order valence-corrected chi connectivity index (χ3v) is 4.58. The fourth-order valence-corrected chi connectivity index (χ4v) is 3.31. The summed E-state index contributed by atoms with van der Waals surface area (Å²) >= 11 is 3.55. The Balaban J connectivity index is 2.00. The largest absolute Gasteiger partial charge is 0.384 e. The normalized spacial score (nSPS) is 19.5. The zero-order chi connectivity index (χ0) is 15.2. The Hall–Kier alpha value is -0.950. The first-order chi connectivity index (χ1) is 10.1. The standard InChI is InChI=1S/C15H22BrN3O2/c1-21-10-11-3-2-6-19(8-11)9-13-5-4-12(7-14(13)16)15(20)18-17/h4-5,7,11H,2-3,6,8-10,17H2,1H3,(H,18,20). The van der Waals surface area contributed by atoms with Gasteiger partial charge in [0.2, 0.25) is 0 Å². The van der Waals surface area contributed by atoms with Crippen LogP contribution in [-0.2, 0) is 11.3 Å². The van der Waals surface area contributed by atoms with Gasteiger partial charge in [0.25, 0.3) is 5.91 Å². The van der Waals surface area contributed by atoms with Crippen LogP contribution in [-0.4, -0.2) is 37.6 Å². The van der Waals surface area contributed by atoms with Crippen LogP contribution in [0, 0.1) is 5.92 Å². The molecule has 1 atom stereocenters. The molecule has 6 heteroatoms. The Bertz CT molecular complexity index is 494. The average molecular weight is 356 g/mol. The minimum Gasteiger partial charge on any atom is -0.384 e. The molecule has 0 spiro atoms. The smallest absolute Gasteiger partial charge is 0.265 e. The van der Waals surface area contributed by atoms with Crippen molar-refractivity contribution >= 4 is 21.8 Å². The number of benzene rings is 1. The second-order valence-corrected chi connectivity index (χ2v) is 6.33. The first-order valence-corrected chi connectivity index (χ1v) is 7.94. The molecule has 1 saturated heterocycles. The highest BCUT2D eigenvalue weighted by molar-refractivity contribution is 9.10. The fraction of sp³-hybridized carbons (Fsp3) is 0.533. The number of piperidine rings is 1. The minimum atomic E-state index is -0.277. The Morgan fingerprint density at radius 3 is 3.05 bits per heavy atom. The Morgan fingerprint density at radius 1 is 1.57 bits per heavy atom. The van der Waals surface area contributed by atoms with Crippen molar-refractivity contribution in [3.05, 3.63) is 33.8 Å². The molecule has 1 amide bonds. The van der Waals surface area contributed by atoms with Crippen LogP contribution < -0.4 is 11.3 Å². The highest BCUT2D eigenvalue weighted by Crippen LogP contribution is 2.23. The van der Waals surface area contributed by atoms with Crippen molar-refractivity contribution in [3.63, 3.8) is 0 Å². The van der Waals surface area contributed by atoms with Gasteiger partial charge in [0.15, 0.2) is 0 Å². The number of hydrogen-bond donors (Lipinski definition) is 2. The summed E-state index contributed by atoms with van der Waals surface area (Å²) in [5.41, 5.74) is 3.89. The van der Waals surface area contributed by atoms with E-state index in [0.717, 1.165) is 30.7 Å². The number of methoxy groups -OCH3 is 1. The zero-order valence-electron chi connectivity index (χ0n) is 12.3. The van der Waals surface area contributed by atoms with Crippen molar-refractivity contribution in [1.29, 1.82) is 0 Å². The van der Waals surface area contributed by atoms with E-state index in [0.29, 0.717) is 11.5 Å². The molecule has 1 aliphatic rings. The summed E-state index contributed by atoms with van der Waals surface area (Å²) in [4.78, 5) is 13.9. The number of rotatable bonds is 5. The summed E-state index contributed by atoms with van der Waals surface area (Å²) in [7, 11) is 1.76. The molecule has 0 saturated carbocycles. The molecule has 1 aromatic rings. The van der Waals surface area contributed by atoms with Crippen LogP contribution in [0.4, 0.5) is 0 Å². The quantitative estimate of drug-likeness (QED) is 0.481. The number of ether oxygens (including phenoxy) is 1. The molecule has 1 aliphatic heterocycles. The molecule has 1 aromatic carbocycles. The van der Waals surface area contributed by atoms with Crippen LogP contribution in [0.15, 0.2) is 22.7 Å². The molecule has 21 heavy (non-hydrogen) atoms. The van der Waals surface area contributed by atoms with Crippen molar-refractivity contribution in [3.8, 4) is 0 Å². The molecule has 0 aromatic heterocycles. The summed E-state index contributed by atoms with van der Waals surface area (Å²) in [5.74, 6) is 5.49. The second-order valence-electron chi connectivity index (χ2n) is 5.48. The van der Waals surface area contributed by atoms with Gasteiger partial charge in [0.05, 0.1) is 6.61 Å². The van der Waals surface area contributed by atoms with Gasteiger partial charge in [-0.15, -0.1) is 0 Å². The molecule has 0 radical (unpaired) electrons. The molecule has 0 bridgehead atoms. The molecular weight excluding hydrogens is 334 g/mol. The van der Waals surface area contributed by atoms with E-state index in [1.807, 2.05) is 12.1 Å². The summed E-state index contributed by atoms with van der Waals surface area (Å²) in [6.07, 6.45) is 2.44. The van der Waals surface area contributed by atoms with Gasteiger partial charge in [-0.05, 0) is 43.0 Å². The molecule has 116 valence electrons. The van der Waals surface area contributed by atoms with E-state index >= 15 is 0 Å². The van der Waals surface area contributed by atoms with Gasteiger partial charge >= 0.3 is 0 Å². The number of hydrazine groups is 1. The summed E-state index contributed by atoms with van der Waals surface area (Å²) in [6, 6.07) is 5.60. The van der Waals surface area contributed by atoms with Crippen molar-refractivity contribution < 1.29 is 9.53 Å².